The van der Waals surface area contributed by atoms with Gasteiger partial charge in [0, 0.05) is 24.7 Å². The molecule has 0 unspecified atom stereocenters. The van der Waals surface area contributed by atoms with E-state index in [1.165, 1.54) is 4.31 Å². The van der Waals surface area contributed by atoms with E-state index in [0.29, 0.717) is 25.9 Å². The van der Waals surface area contributed by atoms with Gasteiger partial charge in [0.05, 0.1) is 0 Å². The summed E-state index contributed by atoms with van der Waals surface area (Å²) < 4.78 is 28.6. The highest BCUT2D eigenvalue weighted by atomic mass is 32.2. The van der Waals surface area contributed by atoms with Crippen LogP contribution in [0.3, 0.4) is 0 Å². The van der Waals surface area contributed by atoms with Crippen molar-refractivity contribution in [3.8, 4) is 0 Å². The molecule has 0 rings (SSSR count). The third-order valence-corrected chi connectivity index (χ3v) is 5.18. The van der Waals surface area contributed by atoms with Crippen molar-refractivity contribution in [3.63, 3.8) is 0 Å². The van der Waals surface area contributed by atoms with E-state index in [0.717, 1.165) is 0 Å². The monoisotopic (exact) mass is 265 g/mol. The first-order valence-electron chi connectivity index (χ1n) is 6.29. The van der Waals surface area contributed by atoms with Gasteiger partial charge in [-0.05, 0) is 26.7 Å². The summed E-state index contributed by atoms with van der Waals surface area (Å²) in [6.07, 6.45) is 1.43. The van der Waals surface area contributed by atoms with Crippen LogP contribution in [0.4, 0.5) is 0 Å². The van der Waals surface area contributed by atoms with Crippen molar-refractivity contribution >= 4 is 10.2 Å². The van der Waals surface area contributed by atoms with Crippen LogP contribution >= 0.6 is 0 Å². The maximum Gasteiger partial charge on any atom is 0.280 e. The van der Waals surface area contributed by atoms with Crippen LogP contribution in [0.2, 0.25) is 0 Å². The summed E-state index contributed by atoms with van der Waals surface area (Å²) in [7, 11) is -3.46. The molecule has 5 nitrogen and oxygen atoms in total. The van der Waals surface area contributed by atoms with Crippen LogP contribution < -0.4 is 10.5 Å². The minimum atomic E-state index is -3.46. The Kier molecular flexibility index (Phi) is 6.61. The van der Waals surface area contributed by atoms with Crippen molar-refractivity contribution in [2.45, 2.75) is 59.0 Å². The van der Waals surface area contributed by atoms with Gasteiger partial charge in [-0.2, -0.15) is 17.4 Å². The molecule has 0 saturated heterocycles. The molecule has 0 amide bonds. The van der Waals surface area contributed by atoms with Gasteiger partial charge in [0.2, 0.25) is 0 Å². The van der Waals surface area contributed by atoms with E-state index in [1.54, 1.807) is 0 Å². The van der Waals surface area contributed by atoms with Gasteiger partial charge in [-0.25, -0.2) is 0 Å². The number of nitrogens with two attached hydrogens (primary N) is 1. The van der Waals surface area contributed by atoms with Crippen molar-refractivity contribution in [3.05, 3.63) is 0 Å². The number of hydrogen-bond acceptors (Lipinski definition) is 3. The average molecular weight is 265 g/mol. The van der Waals surface area contributed by atoms with Gasteiger partial charge in [0.1, 0.15) is 0 Å². The van der Waals surface area contributed by atoms with Gasteiger partial charge in [0.15, 0.2) is 0 Å². The molecule has 0 aliphatic rings. The minimum Gasteiger partial charge on any atom is -0.329 e. The Labute approximate surface area is 106 Å². The maximum absolute atomic E-state index is 12.3. The average Bonchev–Trinajstić information content (AvgIpc) is 2.23. The molecular weight excluding hydrogens is 238 g/mol. The van der Waals surface area contributed by atoms with Gasteiger partial charge in [-0.1, -0.05) is 20.8 Å². The predicted octanol–water partition coefficient (Wildman–Crippen LogP) is 1.07. The molecule has 3 N–H and O–H groups in total. The van der Waals surface area contributed by atoms with E-state index in [4.69, 9.17) is 5.73 Å². The number of hydrogen-bond donors (Lipinski definition) is 2. The Hall–Kier alpha value is -0.170. The Morgan fingerprint density at radius 2 is 1.71 bits per heavy atom. The molecule has 6 heteroatoms. The van der Waals surface area contributed by atoms with Gasteiger partial charge in [0.25, 0.3) is 10.2 Å². The number of nitrogens with one attached hydrogen (secondary N) is 1. The maximum atomic E-state index is 12.3. The van der Waals surface area contributed by atoms with Gasteiger partial charge in [-0.3, -0.25) is 0 Å². The SMILES string of the molecule is CCN(C(CC)(CC)CN)S(=O)(=O)NC(C)C. The van der Waals surface area contributed by atoms with Crippen molar-refractivity contribution in [2.24, 2.45) is 5.73 Å². The second-order valence-electron chi connectivity index (χ2n) is 4.58. The first kappa shape index (κ1) is 16.8. The topological polar surface area (TPSA) is 75.4 Å². The molecule has 0 bridgehead atoms. The highest BCUT2D eigenvalue weighted by Gasteiger charge is 2.39. The molecule has 0 fully saturated rings. The van der Waals surface area contributed by atoms with Gasteiger partial charge < -0.3 is 5.73 Å². The lowest BCUT2D eigenvalue weighted by atomic mass is 9.93. The summed E-state index contributed by atoms with van der Waals surface area (Å²) >= 11 is 0. The third-order valence-electron chi connectivity index (χ3n) is 3.19. The molecule has 0 aliphatic heterocycles. The Bertz CT molecular complexity index is 302. The fourth-order valence-corrected chi connectivity index (χ4v) is 4.02. The summed E-state index contributed by atoms with van der Waals surface area (Å²) in [6.45, 7) is 10.2. The summed E-state index contributed by atoms with van der Waals surface area (Å²) in [5.41, 5.74) is 5.32. The molecule has 0 aromatic carbocycles. The Morgan fingerprint density at radius 1 is 1.24 bits per heavy atom. The molecule has 0 aliphatic carbocycles. The number of likely N-dealkylation sites (N-methyl/N-ethyl adjacent to an activating group) is 1. The largest absolute Gasteiger partial charge is 0.329 e. The smallest absolute Gasteiger partial charge is 0.280 e. The van der Waals surface area contributed by atoms with E-state index in [9.17, 15) is 8.42 Å². The lowest BCUT2D eigenvalue weighted by Gasteiger charge is -2.41. The highest BCUT2D eigenvalue weighted by molar-refractivity contribution is 7.87. The van der Waals surface area contributed by atoms with Gasteiger partial charge in [-0.15, -0.1) is 0 Å². The van der Waals surface area contributed by atoms with E-state index in [1.807, 2.05) is 34.6 Å². The van der Waals surface area contributed by atoms with Crippen LogP contribution in [0.1, 0.15) is 47.5 Å². The molecule has 0 saturated carbocycles. The van der Waals surface area contributed by atoms with Crippen LogP contribution in [0.15, 0.2) is 0 Å². The summed E-state index contributed by atoms with van der Waals surface area (Å²) in [5.74, 6) is 0. The second kappa shape index (κ2) is 6.68. The lowest BCUT2D eigenvalue weighted by Crippen LogP contribution is -2.59. The molecular formula is C11H27N3O2S. The molecule has 0 atom stereocenters. The van der Waals surface area contributed by atoms with Crippen LogP contribution in [0.25, 0.3) is 0 Å². The van der Waals surface area contributed by atoms with Crippen LogP contribution in [-0.2, 0) is 10.2 Å². The molecule has 0 spiro atoms. The summed E-state index contributed by atoms with van der Waals surface area (Å²) in [4.78, 5) is 0. The van der Waals surface area contributed by atoms with E-state index in [-0.39, 0.29) is 6.04 Å². The highest BCUT2D eigenvalue weighted by Crippen LogP contribution is 2.25. The molecule has 0 aromatic rings. The standard InChI is InChI=1S/C11H27N3O2S/c1-6-11(7-2,9-12)14(8-3)17(15,16)13-10(4)5/h10,13H,6-9,12H2,1-5H3. The van der Waals surface area contributed by atoms with E-state index < -0.39 is 15.7 Å². The zero-order valence-corrected chi connectivity index (χ0v) is 12.5. The van der Waals surface area contributed by atoms with Crippen LogP contribution in [0, 0.1) is 0 Å². The number of nitrogens with zero attached hydrogens (tertiary/aromatic N) is 1. The lowest BCUT2D eigenvalue weighted by molar-refractivity contribution is 0.182. The third kappa shape index (κ3) is 3.91. The first-order valence-corrected chi connectivity index (χ1v) is 7.73. The van der Waals surface area contributed by atoms with E-state index in [2.05, 4.69) is 4.72 Å². The summed E-state index contributed by atoms with van der Waals surface area (Å²) in [6, 6.07) is -0.113. The van der Waals surface area contributed by atoms with Crippen LogP contribution in [0.5, 0.6) is 0 Å². The normalized spacial score (nSPS) is 13.6. The van der Waals surface area contributed by atoms with Gasteiger partial charge >= 0.3 is 0 Å². The summed E-state index contributed by atoms with van der Waals surface area (Å²) in [5, 5.41) is 0. The molecule has 0 radical (unpaired) electrons. The van der Waals surface area contributed by atoms with Crippen molar-refractivity contribution in [1.82, 2.24) is 9.03 Å². The Balaban J connectivity index is 5.31. The first-order chi connectivity index (χ1) is 7.79. The zero-order chi connectivity index (χ0) is 13.7. The zero-order valence-electron chi connectivity index (χ0n) is 11.7. The molecule has 104 valence electrons. The molecule has 0 heterocycles. The second-order valence-corrected chi connectivity index (χ2v) is 6.20. The van der Waals surface area contributed by atoms with E-state index >= 15 is 0 Å². The van der Waals surface area contributed by atoms with Crippen LogP contribution in [-0.4, -0.2) is 37.4 Å². The molecule has 0 aromatic heterocycles. The molecule has 17 heavy (non-hydrogen) atoms. The minimum absolute atomic E-state index is 0.113. The van der Waals surface area contributed by atoms with Crippen molar-refractivity contribution in [1.29, 1.82) is 0 Å². The number of rotatable bonds is 8. The quantitative estimate of drug-likeness (QED) is 0.689. The van der Waals surface area contributed by atoms with Crippen molar-refractivity contribution in [2.75, 3.05) is 13.1 Å². The Morgan fingerprint density at radius 3 is 1.94 bits per heavy atom. The fourth-order valence-electron chi connectivity index (χ4n) is 2.11. The van der Waals surface area contributed by atoms with Crippen molar-refractivity contribution < 1.29 is 8.42 Å². The predicted molar refractivity (Wildman–Crippen MR) is 71.9 cm³/mol. The fraction of sp³-hybridized carbons (Fsp3) is 1.00.